The van der Waals surface area contributed by atoms with Gasteiger partial charge in [0.2, 0.25) is 0 Å². The average Bonchev–Trinajstić information content (AvgIpc) is 2.96. The van der Waals surface area contributed by atoms with Crippen LogP contribution in [0.3, 0.4) is 0 Å². The number of nitrogens with two attached hydrogens (primary N) is 1. The molecule has 16 heavy (non-hydrogen) atoms. The van der Waals surface area contributed by atoms with Gasteiger partial charge in [-0.05, 0) is 30.5 Å². The molecule has 1 saturated carbocycles. The second kappa shape index (κ2) is 4.60. The summed E-state index contributed by atoms with van der Waals surface area (Å²) >= 11 is 11.0. The Labute approximate surface area is 106 Å². The van der Waals surface area contributed by atoms with Crippen LogP contribution in [0.2, 0.25) is 5.02 Å². The summed E-state index contributed by atoms with van der Waals surface area (Å²) in [5, 5.41) is 4.16. The van der Waals surface area contributed by atoms with Crippen molar-refractivity contribution in [2.75, 3.05) is 5.32 Å². The molecule has 0 radical (unpaired) electrons. The molecule has 4 heteroatoms. The van der Waals surface area contributed by atoms with Crippen LogP contribution in [0.15, 0.2) is 18.2 Å². The minimum atomic E-state index is 0.410. The van der Waals surface area contributed by atoms with E-state index in [0.717, 1.165) is 17.2 Å². The van der Waals surface area contributed by atoms with Gasteiger partial charge in [0, 0.05) is 22.3 Å². The largest absolute Gasteiger partial charge is 0.389 e. The topological polar surface area (TPSA) is 38.0 Å². The molecular formula is C12H15ClN2S. The molecule has 0 bridgehead atoms. The fourth-order valence-corrected chi connectivity index (χ4v) is 2.28. The Morgan fingerprint density at radius 1 is 1.62 bits per heavy atom. The lowest BCUT2D eigenvalue weighted by Gasteiger charge is -2.11. The fraction of sp³-hybridized carbons (Fsp3) is 0.417. The van der Waals surface area contributed by atoms with E-state index in [1.165, 1.54) is 12.8 Å². The van der Waals surface area contributed by atoms with Gasteiger partial charge < -0.3 is 11.1 Å². The van der Waals surface area contributed by atoms with E-state index in [-0.39, 0.29) is 0 Å². The number of anilines is 1. The summed E-state index contributed by atoms with van der Waals surface area (Å²) in [7, 11) is 0. The van der Waals surface area contributed by atoms with Crippen LogP contribution in [0.1, 0.15) is 25.3 Å². The third-order valence-corrected chi connectivity index (χ3v) is 3.49. The summed E-state index contributed by atoms with van der Waals surface area (Å²) in [5.41, 5.74) is 7.51. The van der Waals surface area contributed by atoms with Crippen molar-refractivity contribution in [1.82, 2.24) is 0 Å². The van der Waals surface area contributed by atoms with Crippen molar-refractivity contribution in [3.05, 3.63) is 28.8 Å². The first-order chi connectivity index (χ1) is 7.61. The van der Waals surface area contributed by atoms with Crippen molar-refractivity contribution in [3.63, 3.8) is 0 Å². The molecule has 1 aromatic carbocycles. The van der Waals surface area contributed by atoms with Crippen LogP contribution in [-0.2, 0) is 0 Å². The minimum Gasteiger partial charge on any atom is -0.389 e. The lowest BCUT2D eigenvalue weighted by atomic mass is 10.1. The highest BCUT2D eigenvalue weighted by molar-refractivity contribution is 7.80. The van der Waals surface area contributed by atoms with E-state index >= 15 is 0 Å². The van der Waals surface area contributed by atoms with E-state index in [9.17, 15) is 0 Å². The lowest BCUT2D eigenvalue weighted by Crippen LogP contribution is -2.14. The van der Waals surface area contributed by atoms with E-state index in [4.69, 9.17) is 29.6 Å². The zero-order chi connectivity index (χ0) is 11.7. The minimum absolute atomic E-state index is 0.410. The standard InChI is InChI=1S/C12H15ClN2S/c1-2-7-5-10(7)15-11-6-8(13)3-4-9(11)12(14)16/h3-4,6-7,10,15H,2,5H2,1H3,(H2,14,16). The maximum atomic E-state index is 5.97. The van der Waals surface area contributed by atoms with Crippen LogP contribution in [-0.4, -0.2) is 11.0 Å². The van der Waals surface area contributed by atoms with Gasteiger partial charge in [0.1, 0.15) is 4.99 Å². The summed E-state index contributed by atoms with van der Waals surface area (Å²) in [5.74, 6) is 0.776. The molecule has 0 saturated heterocycles. The third kappa shape index (κ3) is 2.47. The highest BCUT2D eigenvalue weighted by Crippen LogP contribution is 2.37. The van der Waals surface area contributed by atoms with Crippen molar-refractivity contribution in [3.8, 4) is 0 Å². The molecule has 0 aromatic heterocycles. The quantitative estimate of drug-likeness (QED) is 0.811. The van der Waals surface area contributed by atoms with Crippen LogP contribution in [0.25, 0.3) is 0 Å². The van der Waals surface area contributed by atoms with Crippen LogP contribution in [0, 0.1) is 5.92 Å². The van der Waals surface area contributed by atoms with Crippen LogP contribution in [0.4, 0.5) is 5.69 Å². The summed E-state index contributed by atoms with van der Waals surface area (Å²) in [6.07, 6.45) is 2.43. The van der Waals surface area contributed by atoms with Gasteiger partial charge in [-0.3, -0.25) is 0 Å². The highest BCUT2D eigenvalue weighted by Gasteiger charge is 2.35. The van der Waals surface area contributed by atoms with Gasteiger partial charge in [-0.15, -0.1) is 0 Å². The normalized spacial score (nSPS) is 22.9. The molecule has 1 aromatic rings. The predicted molar refractivity (Wildman–Crippen MR) is 73.1 cm³/mol. The molecule has 2 unspecified atom stereocenters. The van der Waals surface area contributed by atoms with Crippen molar-refractivity contribution in [1.29, 1.82) is 0 Å². The molecule has 0 spiro atoms. The van der Waals surface area contributed by atoms with Crippen LogP contribution in [0.5, 0.6) is 0 Å². The number of benzene rings is 1. The van der Waals surface area contributed by atoms with Crippen molar-refractivity contribution in [2.24, 2.45) is 11.7 Å². The molecule has 1 aliphatic carbocycles. The molecular weight excluding hydrogens is 240 g/mol. The second-order valence-corrected chi connectivity index (χ2v) is 5.09. The number of nitrogens with one attached hydrogen (secondary N) is 1. The van der Waals surface area contributed by atoms with Gasteiger partial charge in [-0.1, -0.05) is 37.2 Å². The molecule has 1 aliphatic rings. The Morgan fingerprint density at radius 2 is 2.38 bits per heavy atom. The van der Waals surface area contributed by atoms with E-state index in [1.54, 1.807) is 0 Å². The zero-order valence-electron chi connectivity index (χ0n) is 9.16. The summed E-state index contributed by atoms with van der Waals surface area (Å²) in [4.78, 5) is 0.410. The van der Waals surface area contributed by atoms with Crippen molar-refractivity contribution in [2.45, 2.75) is 25.8 Å². The Morgan fingerprint density at radius 3 is 2.94 bits per heavy atom. The second-order valence-electron chi connectivity index (χ2n) is 4.21. The summed E-state index contributed by atoms with van der Waals surface area (Å²) in [6.45, 7) is 2.21. The van der Waals surface area contributed by atoms with Crippen LogP contribution < -0.4 is 11.1 Å². The van der Waals surface area contributed by atoms with Gasteiger partial charge in [0.05, 0.1) is 0 Å². The maximum absolute atomic E-state index is 5.97. The highest BCUT2D eigenvalue weighted by atomic mass is 35.5. The first-order valence-corrected chi connectivity index (χ1v) is 6.26. The molecule has 3 N–H and O–H groups in total. The molecule has 0 aliphatic heterocycles. The molecule has 2 nitrogen and oxygen atoms in total. The van der Waals surface area contributed by atoms with Gasteiger partial charge in [0.25, 0.3) is 0 Å². The summed E-state index contributed by atoms with van der Waals surface area (Å²) in [6, 6.07) is 6.12. The SMILES string of the molecule is CCC1CC1Nc1cc(Cl)ccc1C(N)=S. The van der Waals surface area contributed by atoms with Crippen LogP contribution >= 0.6 is 23.8 Å². The molecule has 1 fully saturated rings. The lowest BCUT2D eigenvalue weighted by molar-refractivity contribution is 0.775. The Kier molecular flexibility index (Phi) is 3.36. The first kappa shape index (κ1) is 11.7. The Balaban J connectivity index is 2.18. The smallest absolute Gasteiger partial charge is 0.106 e. The van der Waals surface area contributed by atoms with Gasteiger partial charge in [-0.2, -0.15) is 0 Å². The predicted octanol–water partition coefficient (Wildman–Crippen LogP) is 3.18. The van der Waals surface area contributed by atoms with E-state index in [1.807, 2.05) is 18.2 Å². The Bertz CT molecular complexity index is 419. The molecule has 0 amide bonds. The number of halogens is 1. The fourth-order valence-electron chi connectivity index (χ4n) is 1.93. The number of rotatable bonds is 4. The van der Waals surface area contributed by atoms with E-state index in [2.05, 4.69) is 12.2 Å². The Hall–Kier alpha value is -0.800. The maximum Gasteiger partial charge on any atom is 0.106 e. The monoisotopic (exact) mass is 254 g/mol. The number of hydrogen-bond donors (Lipinski definition) is 2. The zero-order valence-corrected chi connectivity index (χ0v) is 10.7. The van der Waals surface area contributed by atoms with Crippen molar-refractivity contribution < 1.29 is 0 Å². The molecule has 2 rings (SSSR count). The molecule has 2 atom stereocenters. The average molecular weight is 255 g/mol. The molecule has 0 heterocycles. The summed E-state index contributed by atoms with van der Waals surface area (Å²) < 4.78 is 0. The molecule has 86 valence electrons. The third-order valence-electron chi connectivity index (χ3n) is 3.03. The van der Waals surface area contributed by atoms with Gasteiger partial charge >= 0.3 is 0 Å². The first-order valence-electron chi connectivity index (χ1n) is 5.47. The van der Waals surface area contributed by atoms with E-state index < -0.39 is 0 Å². The van der Waals surface area contributed by atoms with Gasteiger partial charge in [0.15, 0.2) is 0 Å². The van der Waals surface area contributed by atoms with E-state index in [0.29, 0.717) is 16.1 Å². The van der Waals surface area contributed by atoms with Crippen molar-refractivity contribution >= 4 is 34.5 Å². The van der Waals surface area contributed by atoms with Gasteiger partial charge in [-0.25, -0.2) is 0 Å². The number of thiocarbonyl (C=S) groups is 1. The number of hydrogen-bond acceptors (Lipinski definition) is 2.